The van der Waals surface area contributed by atoms with Gasteiger partial charge in [-0.25, -0.2) is 4.39 Å². The van der Waals surface area contributed by atoms with Gasteiger partial charge in [0.25, 0.3) is 5.91 Å². The Morgan fingerprint density at radius 1 is 1.00 bits per heavy atom. The summed E-state index contributed by atoms with van der Waals surface area (Å²) in [7, 11) is 1.65. The van der Waals surface area contributed by atoms with Gasteiger partial charge in [-0.2, -0.15) is 0 Å². The van der Waals surface area contributed by atoms with Gasteiger partial charge in [0.1, 0.15) is 23.9 Å². The van der Waals surface area contributed by atoms with Crippen LogP contribution in [0.3, 0.4) is 0 Å². The number of hydrogen-bond acceptors (Lipinski definition) is 4. The summed E-state index contributed by atoms with van der Waals surface area (Å²) in [6.45, 7) is 1.38. The van der Waals surface area contributed by atoms with Crippen molar-refractivity contribution in [3.8, 4) is 11.5 Å². The summed E-state index contributed by atoms with van der Waals surface area (Å²) in [5.74, 6) is 1.64. The molecule has 1 atom stereocenters. The molecule has 3 aromatic carbocycles. The van der Waals surface area contributed by atoms with Crippen LogP contribution in [-0.2, 0) is 11.2 Å². The number of rotatable bonds is 5. The van der Waals surface area contributed by atoms with Crippen LogP contribution in [0.1, 0.15) is 45.8 Å². The molecule has 0 aromatic heterocycles. The molecule has 0 N–H and O–H groups in total. The monoisotopic (exact) mass is 473 g/mol. The van der Waals surface area contributed by atoms with Gasteiger partial charge in [0.05, 0.1) is 7.11 Å². The lowest BCUT2D eigenvalue weighted by Crippen LogP contribution is -2.40. The lowest BCUT2D eigenvalue weighted by molar-refractivity contribution is -0.121. The van der Waals surface area contributed by atoms with Crippen LogP contribution in [0.2, 0.25) is 0 Å². The first-order valence-electron chi connectivity index (χ1n) is 12.0. The minimum absolute atomic E-state index is 0.0212. The maximum Gasteiger partial charge on any atom is 0.253 e. The van der Waals surface area contributed by atoms with Crippen molar-refractivity contribution in [2.24, 2.45) is 5.92 Å². The summed E-state index contributed by atoms with van der Waals surface area (Å²) in [5.41, 5.74) is 3.59. The Morgan fingerprint density at radius 3 is 2.31 bits per heavy atom. The minimum Gasteiger partial charge on any atom is -0.497 e. The van der Waals surface area contributed by atoms with E-state index >= 15 is 0 Å². The molecule has 1 saturated heterocycles. The van der Waals surface area contributed by atoms with E-state index in [2.05, 4.69) is 12.1 Å². The molecule has 35 heavy (non-hydrogen) atoms. The Kier molecular flexibility index (Phi) is 6.53. The van der Waals surface area contributed by atoms with Crippen LogP contribution >= 0.6 is 0 Å². The molecule has 0 unspecified atom stereocenters. The van der Waals surface area contributed by atoms with E-state index in [0.717, 1.165) is 35.3 Å². The maximum absolute atomic E-state index is 13.6. The second-order valence-electron chi connectivity index (χ2n) is 9.26. The van der Waals surface area contributed by atoms with Crippen molar-refractivity contribution in [1.82, 2.24) is 4.90 Å². The molecule has 3 aromatic rings. The lowest BCUT2D eigenvalue weighted by Gasteiger charge is -2.37. The number of methoxy groups -OCH3 is 1. The zero-order valence-corrected chi connectivity index (χ0v) is 19.7. The fourth-order valence-corrected chi connectivity index (χ4v) is 5.25. The lowest BCUT2D eigenvalue weighted by atomic mass is 9.76. The smallest absolute Gasteiger partial charge is 0.253 e. The van der Waals surface area contributed by atoms with Crippen LogP contribution in [0.25, 0.3) is 0 Å². The molecule has 5 rings (SSSR count). The van der Waals surface area contributed by atoms with E-state index < -0.39 is 0 Å². The molecule has 0 spiro atoms. The van der Waals surface area contributed by atoms with Crippen LogP contribution in [0.5, 0.6) is 11.5 Å². The number of amides is 1. The molecule has 2 aliphatic rings. The molecule has 0 radical (unpaired) electrons. The van der Waals surface area contributed by atoms with Gasteiger partial charge in [-0.05, 0) is 72.4 Å². The normalized spacial score (nSPS) is 16.9. The van der Waals surface area contributed by atoms with Crippen LogP contribution in [0, 0.1) is 11.7 Å². The Morgan fingerprint density at radius 2 is 1.66 bits per heavy atom. The van der Waals surface area contributed by atoms with E-state index in [0.29, 0.717) is 36.7 Å². The molecule has 1 fully saturated rings. The predicted molar refractivity (Wildman–Crippen MR) is 131 cm³/mol. The number of ketones is 1. The van der Waals surface area contributed by atoms with E-state index in [4.69, 9.17) is 9.47 Å². The highest BCUT2D eigenvalue weighted by atomic mass is 19.1. The van der Waals surface area contributed by atoms with Crippen LogP contribution in [-0.4, -0.2) is 43.4 Å². The number of carbonyl (C=O) groups is 2. The highest BCUT2D eigenvalue weighted by molar-refractivity contribution is 5.95. The SMILES string of the molecule is COc1ccc([C@H](c2ccc(F)cc2)C2CCN(C(=O)c3ccc4c(c3)CC(=O)CO4)CC2)cc1. The Labute approximate surface area is 204 Å². The van der Waals surface area contributed by atoms with Gasteiger partial charge in [-0.1, -0.05) is 24.3 Å². The van der Waals surface area contributed by atoms with Crippen molar-refractivity contribution in [1.29, 1.82) is 0 Å². The van der Waals surface area contributed by atoms with E-state index in [1.807, 2.05) is 29.2 Å². The third kappa shape index (κ3) is 4.92. The van der Waals surface area contributed by atoms with Crippen molar-refractivity contribution in [2.75, 3.05) is 26.8 Å². The summed E-state index contributed by atoms with van der Waals surface area (Å²) in [6.07, 6.45) is 1.98. The summed E-state index contributed by atoms with van der Waals surface area (Å²) in [6, 6.07) is 20.1. The molecular formula is C29H28FNO4. The first-order valence-corrected chi connectivity index (χ1v) is 12.0. The summed E-state index contributed by atoms with van der Waals surface area (Å²) in [5, 5.41) is 0. The minimum atomic E-state index is -0.250. The second-order valence-corrected chi connectivity index (χ2v) is 9.26. The first-order chi connectivity index (χ1) is 17.0. The third-order valence-electron chi connectivity index (χ3n) is 7.09. The number of nitrogens with zero attached hydrogens (tertiary/aromatic N) is 1. The molecule has 1 amide bonds. The molecule has 5 nitrogen and oxygen atoms in total. The molecule has 180 valence electrons. The zero-order chi connectivity index (χ0) is 24.4. The van der Waals surface area contributed by atoms with Crippen molar-refractivity contribution in [2.45, 2.75) is 25.2 Å². The Balaban J connectivity index is 1.33. The molecule has 6 heteroatoms. The molecule has 0 aliphatic carbocycles. The second kappa shape index (κ2) is 9.90. The van der Waals surface area contributed by atoms with Crippen LogP contribution in [0.4, 0.5) is 4.39 Å². The first kappa shape index (κ1) is 23.1. The number of hydrogen-bond donors (Lipinski definition) is 0. The highest BCUT2D eigenvalue weighted by Crippen LogP contribution is 2.39. The quantitative estimate of drug-likeness (QED) is 0.522. The molecular weight excluding hydrogens is 445 g/mol. The number of piperidine rings is 1. The maximum atomic E-state index is 13.6. The fraction of sp³-hybridized carbons (Fsp3) is 0.310. The van der Waals surface area contributed by atoms with E-state index in [1.165, 1.54) is 12.1 Å². The predicted octanol–water partition coefficient (Wildman–Crippen LogP) is 5.02. The topological polar surface area (TPSA) is 55.8 Å². The average Bonchev–Trinajstić information content (AvgIpc) is 2.90. The van der Waals surface area contributed by atoms with Crippen molar-refractivity contribution in [3.63, 3.8) is 0 Å². The van der Waals surface area contributed by atoms with Crippen LogP contribution in [0.15, 0.2) is 66.7 Å². The Hall–Kier alpha value is -3.67. The summed E-state index contributed by atoms with van der Waals surface area (Å²) < 4.78 is 24.4. The zero-order valence-electron chi connectivity index (χ0n) is 19.7. The number of ether oxygens (including phenoxy) is 2. The standard InChI is InChI=1S/C29H28FNO4/c1-34-26-9-4-20(5-10-26)28(19-2-7-24(30)8-3-19)21-12-14-31(15-13-21)29(33)22-6-11-27-23(16-22)17-25(32)18-35-27/h2-11,16,21,28H,12-15,17-18H2,1H3/t28-/m0/s1. The average molecular weight is 474 g/mol. The van der Waals surface area contributed by atoms with Gasteiger partial charge in [0.15, 0.2) is 5.78 Å². The van der Waals surface area contributed by atoms with E-state index in [1.54, 1.807) is 25.3 Å². The number of likely N-dealkylation sites (tertiary alicyclic amines) is 1. The molecule has 0 saturated carbocycles. The molecule has 2 heterocycles. The van der Waals surface area contributed by atoms with Gasteiger partial charge < -0.3 is 14.4 Å². The van der Waals surface area contributed by atoms with E-state index in [9.17, 15) is 14.0 Å². The number of fused-ring (bicyclic) bond motifs is 1. The number of halogens is 1. The van der Waals surface area contributed by atoms with Crippen molar-refractivity contribution >= 4 is 11.7 Å². The summed E-state index contributed by atoms with van der Waals surface area (Å²) in [4.78, 5) is 26.9. The fourth-order valence-electron chi connectivity index (χ4n) is 5.25. The van der Waals surface area contributed by atoms with Crippen molar-refractivity contribution in [3.05, 3.63) is 94.8 Å². The number of Topliss-reactive ketones (excluding diaryl/α,β-unsaturated/α-hetero) is 1. The largest absolute Gasteiger partial charge is 0.497 e. The van der Waals surface area contributed by atoms with Gasteiger partial charge >= 0.3 is 0 Å². The molecule has 0 bridgehead atoms. The number of carbonyl (C=O) groups excluding carboxylic acids is 2. The Bertz CT molecular complexity index is 1210. The van der Waals surface area contributed by atoms with Gasteiger partial charge in [0.2, 0.25) is 0 Å². The van der Waals surface area contributed by atoms with Gasteiger partial charge in [-0.3, -0.25) is 9.59 Å². The third-order valence-corrected chi connectivity index (χ3v) is 7.09. The van der Waals surface area contributed by atoms with Crippen molar-refractivity contribution < 1.29 is 23.5 Å². The van der Waals surface area contributed by atoms with Crippen LogP contribution < -0.4 is 9.47 Å². The van der Waals surface area contributed by atoms with Gasteiger partial charge in [0, 0.05) is 36.6 Å². The number of benzene rings is 3. The van der Waals surface area contributed by atoms with Gasteiger partial charge in [-0.15, -0.1) is 0 Å². The highest BCUT2D eigenvalue weighted by Gasteiger charge is 2.31. The summed E-state index contributed by atoms with van der Waals surface area (Å²) >= 11 is 0. The molecule has 2 aliphatic heterocycles. The van der Waals surface area contributed by atoms with E-state index in [-0.39, 0.29) is 30.0 Å².